The van der Waals surface area contributed by atoms with Crippen molar-refractivity contribution >= 4 is 40.3 Å². The SMILES string of the molecule is CNC1CCN(c2ccccc2NC(=O)Nc2cnc3c(-c4cccc(Cl)c4)cnn3c2)CC1. The highest BCUT2D eigenvalue weighted by atomic mass is 35.5. The van der Waals surface area contributed by atoms with Crippen LogP contribution in [0.25, 0.3) is 16.8 Å². The van der Waals surface area contributed by atoms with E-state index >= 15 is 0 Å². The van der Waals surface area contributed by atoms with Crippen molar-refractivity contribution < 1.29 is 4.79 Å². The van der Waals surface area contributed by atoms with Crippen LogP contribution in [0.4, 0.5) is 21.9 Å². The zero-order chi connectivity index (χ0) is 23.5. The number of piperidine rings is 1. The van der Waals surface area contributed by atoms with Crippen molar-refractivity contribution in [2.45, 2.75) is 18.9 Å². The van der Waals surface area contributed by atoms with Gasteiger partial charge in [-0.15, -0.1) is 0 Å². The van der Waals surface area contributed by atoms with Crippen molar-refractivity contribution in [2.75, 3.05) is 35.7 Å². The maximum atomic E-state index is 12.8. The molecule has 2 aromatic carbocycles. The first-order valence-corrected chi connectivity index (χ1v) is 11.7. The number of carbonyl (C=O) groups is 1. The van der Waals surface area contributed by atoms with Crippen molar-refractivity contribution in [3.8, 4) is 11.1 Å². The molecule has 1 aliphatic rings. The smallest absolute Gasteiger partial charge is 0.323 e. The van der Waals surface area contributed by atoms with Gasteiger partial charge in [-0.3, -0.25) is 0 Å². The molecule has 2 amide bonds. The first-order valence-electron chi connectivity index (χ1n) is 11.3. The fourth-order valence-electron chi connectivity index (χ4n) is 4.35. The van der Waals surface area contributed by atoms with E-state index in [1.54, 1.807) is 23.1 Å². The summed E-state index contributed by atoms with van der Waals surface area (Å²) in [5, 5.41) is 14.2. The third kappa shape index (κ3) is 4.69. The number of urea groups is 1. The summed E-state index contributed by atoms with van der Waals surface area (Å²) in [5.74, 6) is 0. The van der Waals surface area contributed by atoms with Crippen molar-refractivity contribution in [1.82, 2.24) is 19.9 Å². The lowest BCUT2D eigenvalue weighted by Crippen LogP contribution is -2.41. The molecule has 4 aromatic rings. The van der Waals surface area contributed by atoms with Gasteiger partial charge >= 0.3 is 6.03 Å². The van der Waals surface area contributed by atoms with Gasteiger partial charge < -0.3 is 20.9 Å². The lowest BCUT2D eigenvalue weighted by Gasteiger charge is -2.34. The molecule has 0 saturated carbocycles. The van der Waals surface area contributed by atoms with E-state index < -0.39 is 0 Å². The Bertz CT molecular complexity index is 1310. The predicted octanol–water partition coefficient (Wildman–Crippen LogP) is 4.88. The maximum Gasteiger partial charge on any atom is 0.323 e. The fourth-order valence-corrected chi connectivity index (χ4v) is 4.54. The molecule has 34 heavy (non-hydrogen) atoms. The number of nitrogens with one attached hydrogen (secondary N) is 3. The molecule has 3 N–H and O–H groups in total. The topological polar surface area (TPSA) is 86.6 Å². The molecule has 0 bridgehead atoms. The van der Waals surface area contributed by atoms with Crippen LogP contribution in [-0.2, 0) is 0 Å². The Morgan fingerprint density at radius 1 is 1.06 bits per heavy atom. The number of hydrogen-bond donors (Lipinski definition) is 3. The van der Waals surface area contributed by atoms with Crippen LogP contribution in [0, 0.1) is 0 Å². The lowest BCUT2D eigenvalue weighted by atomic mass is 10.0. The Labute approximate surface area is 202 Å². The number of carbonyl (C=O) groups excluding carboxylic acids is 1. The van der Waals surface area contributed by atoms with Gasteiger partial charge in [-0.2, -0.15) is 5.10 Å². The number of halogens is 1. The number of anilines is 3. The molecule has 1 saturated heterocycles. The molecule has 0 atom stereocenters. The van der Waals surface area contributed by atoms with E-state index in [4.69, 9.17) is 11.6 Å². The highest BCUT2D eigenvalue weighted by molar-refractivity contribution is 6.30. The number of fused-ring (bicyclic) bond motifs is 1. The second-order valence-corrected chi connectivity index (χ2v) is 8.76. The van der Waals surface area contributed by atoms with Crippen LogP contribution in [0.15, 0.2) is 67.1 Å². The summed E-state index contributed by atoms with van der Waals surface area (Å²) in [4.78, 5) is 19.6. The number of aromatic nitrogens is 3. The van der Waals surface area contributed by atoms with Gasteiger partial charge in [0.05, 0.1) is 35.7 Å². The number of para-hydroxylation sites is 2. The van der Waals surface area contributed by atoms with Gasteiger partial charge in [-0.1, -0.05) is 35.9 Å². The standard InChI is InChI=1S/C25H26ClN7O/c1-27-19-9-11-32(12-10-19)23-8-3-2-7-22(23)31-25(34)30-20-14-28-24-21(15-29-33(24)16-20)17-5-4-6-18(26)13-17/h2-8,13-16,19,27H,9-12H2,1H3,(H2,30,31,34). The molecule has 0 unspecified atom stereocenters. The quantitative estimate of drug-likeness (QED) is 0.383. The van der Waals surface area contributed by atoms with Crippen LogP contribution in [0.5, 0.6) is 0 Å². The molecular weight excluding hydrogens is 450 g/mol. The summed E-state index contributed by atoms with van der Waals surface area (Å²) in [5.41, 5.74) is 4.83. The molecule has 0 radical (unpaired) electrons. The highest BCUT2D eigenvalue weighted by Crippen LogP contribution is 2.29. The molecule has 2 aromatic heterocycles. The van der Waals surface area contributed by atoms with E-state index in [-0.39, 0.29) is 6.03 Å². The third-order valence-electron chi connectivity index (χ3n) is 6.15. The summed E-state index contributed by atoms with van der Waals surface area (Å²) in [7, 11) is 2.01. The van der Waals surface area contributed by atoms with E-state index in [2.05, 4.69) is 30.9 Å². The van der Waals surface area contributed by atoms with Crippen molar-refractivity contribution in [1.29, 1.82) is 0 Å². The van der Waals surface area contributed by atoms with E-state index in [0.29, 0.717) is 22.4 Å². The molecule has 1 aliphatic heterocycles. The number of amides is 2. The molecular formula is C25H26ClN7O. The van der Waals surface area contributed by atoms with Crippen molar-refractivity contribution in [2.24, 2.45) is 0 Å². The zero-order valence-electron chi connectivity index (χ0n) is 18.8. The van der Waals surface area contributed by atoms with Crippen molar-refractivity contribution in [3.63, 3.8) is 0 Å². The van der Waals surface area contributed by atoms with Gasteiger partial charge in [-0.05, 0) is 49.7 Å². The molecule has 9 heteroatoms. The molecule has 3 heterocycles. The van der Waals surface area contributed by atoms with Gasteiger partial charge in [0.2, 0.25) is 0 Å². The zero-order valence-corrected chi connectivity index (χ0v) is 19.6. The minimum absolute atomic E-state index is 0.332. The minimum Gasteiger partial charge on any atom is -0.370 e. The van der Waals surface area contributed by atoms with Gasteiger partial charge in [0.25, 0.3) is 0 Å². The highest BCUT2D eigenvalue weighted by Gasteiger charge is 2.20. The van der Waals surface area contributed by atoms with E-state index in [9.17, 15) is 4.79 Å². The third-order valence-corrected chi connectivity index (χ3v) is 6.38. The minimum atomic E-state index is -0.332. The van der Waals surface area contributed by atoms with Crippen LogP contribution in [0.2, 0.25) is 5.02 Å². The molecule has 174 valence electrons. The van der Waals surface area contributed by atoms with Gasteiger partial charge in [-0.25, -0.2) is 14.3 Å². The number of benzene rings is 2. The van der Waals surface area contributed by atoms with Crippen molar-refractivity contribution in [3.05, 3.63) is 72.1 Å². The second kappa shape index (κ2) is 9.70. The largest absolute Gasteiger partial charge is 0.370 e. The number of rotatable bonds is 5. The number of nitrogens with zero attached hydrogens (tertiary/aromatic N) is 4. The van der Waals surface area contributed by atoms with Crippen LogP contribution < -0.4 is 20.9 Å². The van der Waals surface area contributed by atoms with Gasteiger partial charge in [0.1, 0.15) is 0 Å². The van der Waals surface area contributed by atoms with Crippen LogP contribution in [0.3, 0.4) is 0 Å². The van der Waals surface area contributed by atoms with Gasteiger partial charge in [0.15, 0.2) is 5.65 Å². The van der Waals surface area contributed by atoms with E-state index in [1.807, 2.05) is 55.6 Å². The lowest BCUT2D eigenvalue weighted by molar-refractivity contribution is 0.262. The summed E-state index contributed by atoms with van der Waals surface area (Å²) >= 11 is 6.13. The summed E-state index contributed by atoms with van der Waals surface area (Å²) < 4.78 is 1.64. The molecule has 5 rings (SSSR count). The summed E-state index contributed by atoms with van der Waals surface area (Å²) in [6.07, 6.45) is 7.25. The number of hydrogen-bond acceptors (Lipinski definition) is 5. The molecule has 8 nitrogen and oxygen atoms in total. The Hall–Kier alpha value is -3.62. The Balaban J connectivity index is 1.29. The second-order valence-electron chi connectivity index (χ2n) is 8.33. The Kier molecular flexibility index (Phi) is 6.33. The molecule has 0 aliphatic carbocycles. The summed E-state index contributed by atoms with van der Waals surface area (Å²) in [6.45, 7) is 1.89. The Morgan fingerprint density at radius 2 is 1.88 bits per heavy atom. The fraction of sp³-hybridized carbons (Fsp3) is 0.240. The molecule has 0 spiro atoms. The van der Waals surface area contributed by atoms with E-state index in [1.165, 1.54) is 0 Å². The van der Waals surface area contributed by atoms with E-state index in [0.717, 1.165) is 48.4 Å². The van der Waals surface area contributed by atoms with Crippen LogP contribution >= 0.6 is 11.6 Å². The predicted molar refractivity (Wildman–Crippen MR) is 137 cm³/mol. The summed E-state index contributed by atoms with van der Waals surface area (Å²) in [6, 6.07) is 15.7. The van der Waals surface area contributed by atoms with Crippen LogP contribution in [0.1, 0.15) is 12.8 Å². The monoisotopic (exact) mass is 475 g/mol. The first-order chi connectivity index (χ1) is 16.6. The normalized spacial score (nSPS) is 14.4. The maximum absolute atomic E-state index is 12.8. The average Bonchev–Trinajstić information content (AvgIpc) is 3.28. The average molecular weight is 476 g/mol. The van der Waals surface area contributed by atoms with Crippen LogP contribution in [-0.4, -0.2) is 46.8 Å². The first kappa shape index (κ1) is 22.2. The Morgan fingerprint density at radius 3 is 2.68 bits per heavy atom. The van der Waals surface area contributed by atoms with Gasteiger partial charge in [0, 0.05) is 29.7 Å². The molecule has 1 fully saturated rings.